The Morgan fingerprint density at radius 3 is 2.88 bits per heavy atom. The molecule has 3 heteroatoms. The van der Waals surface area contributed by atoms with E-state index in [9.17, 15) is 0 Å². The highest BCUT2D eigenvalue weighted by molar-refractivity contribution is 5.85. The molecule has 16 heavy (non-hydrogen) atoms. The predicted octanol–water partition coefficient (Wildman–Crippen LogP) is 2.97. The maximum atomic E-state index is 5.74. The molecule has 2 nitrogen and oxygen atoms in total. The Morgan fingerprint density at radius 1 is 1.38 bits per heavy atom. The minimum atomic E-state index is 0. The number of fused-ring (bicyclic) bond motifs is 1. The highest BCUT2D eigenvalue weighted by atomic mass is 35.5. The molecule has 0 unspecified atom stereocenters. The summed E-state index contributed by atoms with van der Waals surface area (Å²) in [4.78, 5) is 0. The van der Waals surface area contributed by atoms with Gasteiger partial charge in [0.25, 0.3) is 0 Å². The summed E-state index contributed by atoms with van der Waals surface area (Å²) < 4.78 is 5.74. The zero-order valence-electron chi connectivity index (χ0n) is 9.90. The fraction of sp³-hybridized carbons (Fsp3) is 0.538. The van der Waals surface area contributed by atoms with Crippen LogP contribution in [0.4, 0.5) is 0 Å². The van der Waals surface area contributed by atoms with Gasteiger partial charge in [0, 0.05) is 12.0 Å². The number of para-hydroxylation sites is 1. The van der Waals surface area contributed by atoms with E-state index in [-0.39, 0.29) is 12.4 Å². The normalized spacial score (nSPS) is 22.9. The predicted molar refractivity (Wildman–Crippen MR) is 69.7 cm³/mol. The molecule has 1 aliphatic rings. The summed E-state index contributed by atoms with van der Waals surface area (Å²) in [5.74, 6) is 1.60. The van der Waals surface area contributed by atoms with Crippen molar-refractivity contribution in [3.8, 4) is 5.75 Å². The molecular weight excluding hydrogens is 222 g/mol. The van der Waals surface area contributed by atoms with Crippen molar-refractivity contribution in [3.05, 3.63) is 29.8 Å². The van der Waals surface area contributed by atoms with Crippen molar-refractivity contribution in [3.63, 3.8) is 0 Å². The average molecular weight is 242 g/mol. The zero-order valence-corrected chi connectivity index (χ0v) is 10.7. The monoisotopic (exact) mass is 241 g/mol. The SMILES string of the molecule is CCCN[C@H]1COc2ccccc2[C@@H]1C.Cl. The van der Waals surface area contributed by atoms with Gasteiger partial charge in [0.05, 0.1) is 0 Å². The third-order valence-electron chi connectivity index (χ3n) is 3.09. The van der Waals surface area contributed by atoms with Crippen molar-refractivity contribution < 1.29 is 4.74 Å². The molecule has 90 valence electrons. The molecule has 0 saturated carbocycles. The average Bonchev–Trinajstić information content (AvgIpc) is 2.29. The van der Waals surface area contributed by atoms with Crippen LogP contribution in [-0.2, 0) is 0 Å². The molecule has 1 N–H and O–H groups in total. The number of halogens is 1. The second kappa shape index (κ2) is 6.12. The fourth-order valence-electron chi connectivity index (χ4n) is 2.09. The van der Waals surface area contributed by atoms with Crippen molar-refractivity contribution in [2.24, 2.45) is 0 Å². The molecule has 0 aliphatic carbocycles. The standard InChI is InChI=1S/C13H19NO.ClH/c1-3-8-14-12-9-15-13-7-5-4-6-11(13)10(12)2;/h4-7,10,12,14H,3,8-9H2,1-2H3;1H/t10-,12-;/m0./s1. The third kappa shape index (κ3) is 2.69. The Hall–Kier alpha value is -0.730. The molecule has 0 spiro atoms. The fourth-order valence-corrected chi connectivity index (χ4v) is 2.09. The largest absolute Gasteiger partial charge is 0.492 e. The van der Waals surface area contributed by atoms with Crippen LogP contribution in [0, 0.1) is 0 Å². The van der Waals surface area contributed by atoms with Gasteiger partial charge in [0.1, 0.15) is 12.4 Å². The highest BCUT2D eigenvalue weighted by Gasteiger charge is 2.26. The van der Waals surface area contributed by atoms with E-state index < -0.39 is 0 Å². The van der Waals surface area contributed by atoms with Gasteiger partial charge in [-0.3, -0.25) is 0 Å². The van der Waals surface area contributed by atoms with E-state index >= 15 is 0 Å². The molecule has 1 aliphatic heterocycles. The quantitative estimate of drug-likeness (QED) is 0.879. The first kappa shape index (κ1) is 13.3. The lowest BCUT2D eigenvalue weighted by Gasteiger charge is -2.32. The van der Waals surface area contributed by atoms with E-state index in [1.807, 2.05) is 6.07 Å². The maximum Gasteiger partial charge on any atom is 0.122 e. The molecule has 0 radical (unpaired) electrons. The van der Waals surface area contributed by atoms with Crippen molar-refractivity contribution in [2.45, 2.75) is 32.2 Å². The second-order valence-electron chi connectivity index (χ2n) is 4.20. The van der Waals surface area contributed by atoms with Gasteiger partial charge in [-0.25, -0.2) is 0 Å². The minimum Gasteiger partial charge on any atom is -0.492 e. The number of ether oxygens (including phenoxy) is 1. The van der Waals surface area contributed by atoms with Crippen molar-refractivity contribution >= 4 is 12.4 Å². The molecule has 0 fully saturated rings. The van der Waals surface area contributed by atoms with Crippen LogP contribution in [-0.4, -0.2) is 19.2 Å². The van der Waals surface area contributed by atoms with Crippen LogP contribution in [0.15, 0.2) is 24.3 Å². The molecule has 0 aromatic heterocycles. The molecule has 2 rings (SSSR count). The topological polar surface area (TPSA) is 21.3 Å². The van der Waals surface area contributed by atoms with E-state index in [0.717, 1.165) is 18.9 Å². The first-order valence-corrected chi connectivity index (χ1v) is 5.78. The van der Waals surface area contributed by atoms with Gasteiger partial charge in [0.15, 0.2) is 0 Å². The van der Waals surface area contributed by atoms with Crippen LogP contribution in [0.25, 0.3) is 0 Å². The number of rotatable bonds is 3. The molecule has 1 heterocycles. The number of hydrogen-bond acceptors (Lipinski definition) is 2. The molecule has 1 aromatic carbocycles. The van der Waals surface area contributed by atoms with Gasteiger partial charge in [-0.05, 0) is 24.6 Å². The number of hydrogen-bond donors (Lipinski definition) is 1. The number of benzene rings is 1. The van der Waals surface area contributed by atoms with Crippen molar-refractivity contribution in [1.82, 2.24) is 5.32 Å². The van der Waals surface area contributed by atoms with Gasteiger partial charge in [-0.2, -0.15) is 0 Å². The third-order valence-corrected chi connectivity index (χ3v) is 3.09. The first-order chi connectivity index (χ1) is 7.33. The first-order valence-electron chi connectivity index (χ1n) is 5.78. The van der Waals surface area contributed by atoms with E-state index in [2.05, 4.69) is 37.4 Å². The van der Waals surface area contributed by atoms with E-state index in [4.69, 9.17) is 4.74 Å². The van der Waals surface area contributed by atoms with Crippen molar-refractivity contribution in [2.75, 3.05) is 13.2 Å². The van der Waals surface area contributed by atoms with Gasteiger partial charge in [0.2, 0.25) is 0 Å². The smallest absolute Gasteiger partial charge is 0.122 e. The molecular formula is C13H20ClNO. The lowest BCUT2D eigenvalue weighted by molar-refractivity contribution is 0.219. The van der Waals surface area contributed by atoms with Gasteiger partial charge in [-0.15, -0.1) is 12.4 Å². The highest BCUT2D eigenvalue weighted by Crippen LogP contribution is 2.32. The summed E-state index contributed by atoms with van der Waals surface area (Å²) in [7, 11) is 0. The number of nitrogens with one attached hydrogen (secondary N) is 1. The van der Waals surface area contributed by atoms with Crippen LogP contribution in [0.1, 0.15) is 31.7 Å². The maximum absolute atomic E-state index is 5.74. The Morgan fingerprint density at radius 2 is 2.12 bits per heavy atom. The lowest BCUT2D eigenvalue weighted by Crippen LogP contribution is -2.41. The Labute approximate surface area is 104 Å². The summed E-state index contributed by atoms with van der Waals surface area (Å²) in [5.41, 5.74) is 1.33. The van der Waals surface area contributed by atoms with Crippen LogP contribution >= 0.6 is 12.4 Å². The van der Waals surface area contributed by atoms with Crippen LogP contribution in [0.2, 0.25) is 0 Å². The van der Waals surface area contributed by atoms with E-state index in [1.165, 1.54) is 12.0 Å². The Balaban J connectivity index is 0.00000128. The van der Waals surface area contributed by atoms with Gasteiger partial charge < -0.3 is 10.1 Å². The van der Waals surface area contributed by atoms with Gasteiger partial charge in [-0.1, -0.05) is 32.0 Å². The molecule has 0 bridgehead atoms. The zero-order chi connectivity index (χ0) is 10.7. The minimum absolute atomic E-state index is 0. The Bertz CT molecular complexity index is 329. The van der Waals surface area contributed by atoms with E-state index in [1.54, 1.807) is 0 Å². The summed E-state index contributed by atoms with van der Waals surface area (Å²) in [6.45, 7) is 6.32. The summed E-state index contributed by atoms with van der Waals surface area (Å²) in [6.07, 6.45) is 1.17. The molecule has 0 amide bonds. The van der Waals surface area contributed by atoms with Crippen LogP contribution in [0.3, 0.4) is 0 Å². The Kier molecular flexibility index (Phi) is 5.10. The van der Waals surface area contributed by atoms with E-state index in [0.29, 0.717) is 12.0 Å². The molecule has 0 saturated heterocycles. The molecule has 2 atom stereocenters. The second-order valence-corrected chi connectivity index (χ2v) is 4.20. The summed E-state index contributed by atoms with van der Waals surface area (Å²) in [5, 5.41) is 3.54. The lowest BCUT2D eigenvalue weighted by atomic mass is 9.91. The van der Waals surface area contributed by atoms with Crippen LogP contribution < -0.4 is 10.1 Å². The summed E-state index contributed by atoms with van der Waals surface area (Å²) >= 11 is 0. The molecule has 1 aromatic rings. The van der Waals surface area contributed by atoms with Crippen molar-refractivity contribution in [1.29, 1.82) is 0 Å². The van der Waals surface area contributed by atoms with Crippen LogP contribution in [0.5, 0.6) is 5.75 Å². The van der Waals surface area contributed by atoms with Gasteiger partial charge >= 0.3 is 0 Å². The summed E-state index contributed by atoms with van der Waals surface area (Å²) in [6, 6.07) is 8.80.